The van der Waals surface area contributed by atoms with E-state index in [9.17, 15) is 5.11 Å². The van der Waals surface area contributed by atoms with Crippen LogP contribution >= 0.6 is 8.58 Å². The maximum absolute atomic E-state index is 9.34. The number of benzene rings is 1. The molecule has 0 aromatic heterocycles. The second-order valence-electron chi connectivity index (χ2n) is 2.10. The molecule has 1 aromatic carbocycles. The number of aliphatic hydroxyl groups excluding tert-OH is 1. The first-order valence-corrected chi connectivity index (χ1v) is 4.82. The molecule has 0 fully saturated rings. The molecule has 0 saturated carbocycles. The van der Waals surface area contributed by atoms with Crippen molar-refractivity contribution in [2.24, 2.45) is 0 Å². The van der Waals surface area contributed by atoms with Gasteiger partial charge in [-0.1, -0.05) is 38.9 Å². The van der Waals surface area contributed by atoms with Crippen molar-refractivity contribution in [1.82, 2.24) is 0 Å². The fourth-order valence-corrected chi connectivity index (χ4v) is 1.33. The van der Waals surface area contributed by atoms with E-state index in [-0.39, 0.29) is 5.85 Å². The Hall–Kier alpha value is -0.390. The Bertz CT molecular complexity index is 186. The molecule has 0 saturated heterocycles. The van der Waals surface area contributed by atoms with Crippen LogP contribution < -0.4 is 0 Å². The van der Waals surface area contributed by atoms with Crippen molar-refractivity contribution in [1.29, 1.82) is 0 Å². The topological polar surface area (TPSA) is 20.2 Å². The zero-order valence-electron chi connectivity index (χ0n) is 5.91. The zero-order chi connectivity index (χ0) is 7.40. The SMILES string of the molecule is CPC(O)c1ccccc1. The van der Waals surface area contributed by atoms with E-state index in [4.69, 9.17) is 0 Å². The van der Waals surface area contributed by atoms with E-state index in [1.807, 2.05) is 37.0 Å². The summed E-state index contributed by atoms with van der Waals surface area (Å²) >= 11 is 0. The van der Waals surface area contributed by atoms with Gasteiger partial charge in [0.1, 0.15) is 0 Å². The van der Waals surface area contributed by atoms with E-state index >= 15 is 0 Å². The summed E-state index contributed by atoms with van der Waals surface area (Å²) < 4.78 is 0. The molecule has 1 aromatic rings. The molecule has 0 radical (unpaired) electrons. The monoisotopic (exact) mass is 154 g/mol. The van der Waals surface area contributed by atoms with Crippen LogP contribution in [0.3, 0.4) is 0 Å². The van der Waals surface area contributed by atoms with Gasteiger partial charge in [-0.2, -0.15) is 0 Å². The molecule has 54 valence electrons. The second kappa shape index (κ2) is 3.70. The van der Waals surface area contributed by atoms with E-state index in [1.165, 1.54) is 0 Å². The molecular weight excluding hydrogens is 143 g/mol. The van der Waals surface area contributed by atoms with Gasteiger partial charge in [0.15, 0.2) is 0 Å². The quantitative estimate of drug-likeness (QED) is 0.646. The molecule has 2 unspecified atom stereocenters. The first-order valence-electron chi connectivity index (χ1n) is 3.25. The largest absolute Gasteiger partial charge is 0.384 e. The lowest BCUT2D eigenvalue weighted by Gasteiger charge is -2.05. The van der Waals surface area contributed by atoms with Crippen molar-refractivity contribution >= 4 is 8.58 Å². The Kier molecular flexibility index (Phi) is 2.85. The maximum atomic E-state index is 9.34. The van der Waals surface area contributed by atoms with Crippen LogP contribution in [0.1, 0.15) is 11.4 Å². The van der Waals surface area contributed by atoms with Crippen molar-refractivity contribution in [3.05, 3.63) is 35.9 Å². The molecule has 0 aliphatic rings. The van der Waals surface area contributed by atoms with E-state index in [0.717, 1.165) is 5.56 Å². The fraction of sp³-hybridized carbons (Fsp3) is 0.250. The van der Waals surface area contributed by atoms with Gasteiger partial charge in [0, 0.05) is 0 Å². The van der Waals surface area contributed by atoms with Gasteiger partial charge in [0.05, 0.1) is 5.85 Å². The first kappa shape index (κ1) is 7.71. The third-order valence-electron chi connectivity index (χ3n) is 1.39. The number of hydrogen-bond acceptors (Lipinski definition) is 1. The molecule has 0 bridgehead atoms. The van der Waals surface area contributed by atoms with Gasteiger partial charge >= 0.3 is 0 Å². The molecule has 1 rings (SSSR count). The van der Waals surface area contributed by atoms with Crippen LogP contribution in [0.2, 0.25) is 0 Å². The van der Waals surface area contributed by atoms with Crippen LogP contribution in [0.15, 0.2) is 30.3 Å². The van der Waals surface area contributed by atoms with Crippen LogP contribution in [-0.2, 0) is 0 Å². The molecule has 0 aliphatic carbocycles. The Morgan fingerprint density at radius 2 is 1.90 bits per heavy atom. The summed E-state index contributed by atoms with van der Waals surface area (Å²) in [6.45, 7) is 2.00. The van der Waals surface area contributed by atoms with Gasteiger partial charge in [-0.25, -0.2) is 0 Å². The number of hydrogen-bond donors (Lipinski definition) is 1. The summed E-state index contributed by atoms with van der Waals surface area (Å²) in [6.07, 6.45) is 0. The van der Waals surface area contributed by atoms with E-state index < -0.39 is 0 Å². The van der Waals surface area contributed by atoms with Gasteiger partial charge in [0.2, 0.25) is 0 Å². The third-order valence-corrected chi connectivity index (χ3v) is 2.27. The molecule has 1 nitrogen and oxygen atoms in total. The highest BCUT2D eigenvalue weighted by molar-refractivity contribution is 7.37. The number of rotatable bonds is 2. The summed E-state index contributed by atoms with van der Waals surface area (Å²) in [6, 6.07) is 9.73. The molecule has 2 heteroatoms. The normalized spacial score (nSPS) is 14.2. The summed E-state index contributed by atoms with van der Waals surface area (Å²) in [5.41, 5.74) is 1.02. The zero-order valence-corrected chi connectivity index (χ0v) is 6.91. The Labute approximate surface area is 62.9 Å². The molecule has 10 heavy (non-hydrogen) atoms. The molecule has 0 spiro atoms. The lowest BCUT2D eigenvalue weighted by Crippen LogP contribution is -1.87. The lowest BCUT2D eigenvalue weighted by molar-refractivity contribution is 0.267. The van der Waals surface area contributed by atoms with Crippen molar-refractivity contribution < 1.29 is 5.11 Å². The van der Waals surface area contributed by atoms with Gasteiger partial charge in [-0.15, -0.1) is 0 Å². The van der Waals surface area contributed by atoms with Gasteiger partial charge in [-0.05, 0) is 12.2 Å². The Balaban J connectivity index is 2.75. The molecule has 0 heterocycles. The average Bonchev–Trinajstić information content (AvgIpc) is 2.05. The molecular formula is C8H11OP. The van der Waals surface area contributed by atoms with Crippen molar-refractivity contribution in [2.75, 3.05) is 6.66 Å². The van der Waals surface area contributed by atoms with Crippen LogP contribution in [0, 0.1) is 0 Å². The standard InChI is InChI=1S/C8H11OP/c1-10-8(9)7-5-3-2-4-6-7/h2-6,8-10H,1H3. The Morgan fingerprint density at radius 1 is 1.30 bits per heavy atom. The summed E-state index contributed by atoms with van der Waals surface area (Å²) in [7, 11) is 0.565. The van der Waals surface area contributed by atoms with Crippen LogP contribution in [0.25, 0.3) is 0 Å². The van der Waals surface area contributed by atoms with E-state index in [1.54, 1.807) is 0 Å². The fourth-order valence-electron chi connectivity index (χ4n) is 0.802. The third kappa shape index (κ3) is 1.80. The van der Waals surface area contributed by atoms with Crippen LogP contribution in [-0.4, -0.2) is 11.8 Å². The lowest BCUT2D eigenvalue weighted by atomic mass is 10.2. The maximum Gasteiger partial charge on any atom is 0.0947 e. The minimum Gasteiger partial charge on any atom is -0.384 e. The minimum atomic E-state index is -0.263. The van der Waals surface area contributed by atoms with Gasteiger partial charge in [-0.3, -0.25) is 0 Å². The summed E-state index contributed by atoms with van der Waals surface area (Å²) in [4.78, 5) is 0. The minimum absolute atomic E-state index is 0.263. The smallest absolute Gasteiger partial charge is 0.0947 e. The molecule has 1 N–H and O–H groups in total. The first-order chi connectivity index (χ1) is 4.84. The summed E-state index contributed by atoms with van der Waals surface area (Å²) in [5.74, 6) is -0.263. The number of aliphatic hydroxyl groups is 1. The predicted octanol–water partition coefficient (Wildman–Crippen LogP) is 1.99. The van der Waals surface area contributed by atoms with E-state index in [2.05, 4.69) is 0 Å². The highest BCUT2D eigenvalue weighted by atomic mass is 31.1. The van der Waals surface area contributed by atoms with Crippen molar-refractivity contribution in [2.45, 2.75) is 5.85 Å². The van der Waals surface area contributed by atoms with Crippen molar-refractivity contribution in [3.8, 4) is 0 Å². The van der Waals surface area contributed by atoms with E-state index in [0.29, 0.717) is 8.58 Å². The highest BCUT2D eigenvalue weighted by Crippen LogP contribution is 2.27. The Morgan fingerprint density at radius 3 is 2.40 bits per heavy atom. The molecule has 0 amide bonds. The predicted molar refractivity (Wildman–Crippen MR) is 45.6 cm³/mol. The van der Waals surface area contributed by atoms with Crippen molar-refractivity contribution in [3.63, 3.8) is 0 Å². The van der Waals surface area contributed by atoms with Gasteiger partial charge < -0.3 is 5.11 Å². The molecule has 0 aliphatic heterocycles. The second-order valence-corrected chi connectivity index (χ2v) is 3.23. The highest BCUT2D eigenvalue weighted by Gasteiger charge is 2.00. The average molecular weight is 154 g/mol. The molecule has 2 atom stereocenters. The van der Waals surface area contributed by atoms with Crippen LogP contribution in [0.4, 0.5) is 0 Å². The summed E-state index contributed by atoms with van der Waals surface area (Å²) in [5, 5.41) is 9.34. The van der Waals surface area contributed by atoms with Gasteiger partial charge in [0.25, 0.3) is 0 Å². The van der Waals surface area contributed by atoms with Crippen LogP contribution in [0.5, 0.6) is 0 Å².